The fourth-order valence-corrected chi connectivity index (χ4v) is 6.85. The van der Waals surface area contributed by atoms with Gasteiger partial charge in [-0.1, -0.05) is 37.3 Å². The van der Waals surface area contributed by atoms with E-state index in [4.69, 9.17) is 20.6 Å². The average molecular weight is 529 g/mol. The summed E-state index contributed by atoms with van der Waals surface area (Å²) in [6.45, 7) is 9.93. The summed E-state index contributed by atoms with van der Waals surface area (Å²) in [4.78, 5) is 28.1. The number of carbonyl (C=O) groups excluding carboxylic acids is 1. The van der Waals surface area contributed by atoms with E-state index in [1.165, 1.54) is 12.5 Å². The number of aryl methyl sites for hydroxylation is 1. The number of hydrogen-bond acceptors (Lipinski definition) is 6. The van der Waals surface area contributed by atoms with Gasteiger partial charge in [-0.15, -0.1) is 5.10 Å². The topological polar surface area (TPSA) is 122 Å². The maximum atomic E-state index is 12.1. The van der Waals surface area contributed by atoms with Gasteiger partial charge in [0, 0.05) is 38.9 Å². The zero-order valence-electron chi connectivity index (χ0n) is 23.2. The van der Waals surface area contributed by atoms with E-state index in [1.54, 1.807) is 14.0 Å². The van der Waals surface area contributed by atoms with E-state index in [-0.39, 0.29) is 11.3 Å². The van der Waals surface area contributed by atoms with Gasteiger partial charge in [0.05, 0.1) is 29.9 Å². The lowest BCUT2D eigenvalue weighted by Crippen LogP contribution is -2.69. The van der Waals surface area contributed by atoms with Crippen molar-refractivity contribution in [2.75, 3.05) is 31.6 Å². The summed E-state index contributed by atoms with van der Waals surface area (Å²) in [6.07, 6.45) is 3.67. The van der Waals surface area contributed by atoms with E-state index < -0.39 is 17.1 Å². The Hall–Kier alpha value is -3.79. The first-order valence-electron chi connectivity index (χ1n) is 13.5. The molecule has 1 saturated carbocycles. The van der Waals surface area contributed by atoms with Crippen LogP contribution in [0.15, 0.2) is 52.6 Å². The number of rotatable bonds is 5. The highest BCUT2D eigenvalue weighted by Gasteiger charge is 2.75. The van der Waals surface area contributed by atoms with Gasteiger partial charge in [-0.3, -0.25) is 9.79 Å². The van der Waals surface area contributed by atoms with E-state index in [9.17, 15) is 4.79 Å². The number of nitrogens with one attached hydrogen (secondary N) is 1. The van der Waals surface area contributed by atoms with Gasteiger partial charge in [0.2, 0.25) is 5.91 Å². The number of ether oxygens (including phenoxy) is 1. The first-order valence-corrected chi connectivity index (χ1v) is 13.5. The Bertz CT molecular complexity index is 1510. The molecule has 7 rings (SSSR count). The number of benzene rings is 1. The zero-order chi connectivity index (χ0) is 27.6. The van der Waals surface area contributed by atoms with E-state index in [0.29, 0.717) is 30.5 Å². The molecule has 10 nitrogen and oxygen atoms in total. The number of nitrogens with two attached hydrogens (primary N) is 1. The number of carbonyl (C=O) groups is 1. The molecule has 5 heterocycles. The summed E-state index contributed by atoms with van der Waals surface area (Å²) in [6, 6.07) is 12.9. The van der Waals surface area contributed by atoms with Crippen molar-refractivity contribution in [3.63, 3.8) is 0 Å². The predicted octanol–water partition coefficient (Wildman–Crippen LogP) is 2.73. The lowest BCUT2D eigenvalue weighted by atomic mass is 9.57. The molecule has 0 spiro atoms. The molecular weight excluding hydrogens is 492 g/mol. The summed E-state index contributed by atoms with van der Waals surface area (Å²) >= 11 is 0. The van der Waals surface area contributed by atoms with Crippen molar-refractivity contribution in [1.82, 2.24) is 19.9 Å². The van der Waals surface area contributed by atoms with Crippen LogP contribution in [0.3, 0.4) is 0 Å². The van der Waals surface area contributed by atoms with Crippen molar-refractivity contribution < 1.29 is 9.53 Å². The third-order valence-electron chi connectivity index (χ3n) is 8.81. The molecule has 3 unspecified atom stereocenters. The van der Waals surface area contributed by atoms with E-state index in [0.717, 1.165) is 36.4 Å². The molecule has 39 heavy (non-hydrogen) atoms. The molecule has 0 radical (unpaired) electrons. The van der Waals surface area contributed by atoms with Gasteiger partial charge in [0.25, 0.3) is 0 Å². The number of pyridine rings is 1. The Morgan fingerprint density at radius 2 is 2.03 bits per heavy atom. The standard InChI is InChI=1S/C29H36N8O2/c1-18-13-22(36-12-11-27(4,16-36)21-9-7-6-8-10-21)14-37-25(18)33-26(35-37)29-15-28(17-39-29,34-20(3)38)23(29)24(30)32-19(2)31-5/h6-10,13-14,23H,11-12,15-17H2,1-5H3,(H,34,38)(H2,30,31,32)/t23?,27-,28?,29?/m0/s1. The van der Waals surface area contributed by atoms with Crippen LogP contribution in [0.25, 0.3) is 5.65 Å². The van der Waals surface area contributed by atoms with Crippen molar-refractivity contribution in [2.24, 2.45) is 21.6 Å². The molecular formula is C29H36N8O2. The Labute approximate surface area is 228 Å². The zero-order valence-corrected chi connectivity index (χ0v) is 23.2. The van der Waals surface area contributed by atoms with Gasteiger partial charge in [-0.05, 0) is 37.5 Å². The molecule has 4 fully saturated rings. The minimum absolute atomic E-state index is 0.0945. The fourth-order valence-electron chi connectivity index (χ4n) is 6.85. The Morgan fingerprint density at radius 1 is 1.26 bits per heavy atom. The number of nitrogens with zero attached hydrogens (tertiary/aromatic N) is 6. The number of aromatic nitrogens is 3. The van der Waals surface area contributed by atoms with Gasteiger partial charge >= 0.3 is 0 Å². The number of amides is 1. The molecule has 10 heteroatoms. The van der Waals surface area contributed by atoms with Crippen molar-refractivity contribution in [2.45, 2.75) is 57.1 Å². The van der Waals surface area contributed by atoms with E-state index in [2.05, 4.69) is 76.6 Å². The molecule has 4 atom stereocenters. The summed E-state index contributed by atoms with van der Waals surface area (Å²) in [5.74, 6) is 0.955. The smallest absolute Gasteiger partial charge is 0.217 e. The molecule has 3 saturated heterocycles. The molecule has 3 aromatic rings. The Kier molecular flexibility index (Phi) is 5.80. The van der Waals surface area contributed by atoms with E-state index >= 15 is 0 Å². The molecule has 3 aliphatic heterocycles. The monoisotopic (exact) mass is 528 g/mol. The largest absolute Gasteiger partial charge is 0.387 e. The average Bonchev–Trinajstić information content (AvgIpc) is 3.65. The molecule has 2 bridgehead atoms. The summed E-state index contributed by atoms with van der Waals surface area (Å²) < 4.78 is 8.22. The molecule has 4 aliphatic rings. The van der Waals surface area contributed by atoms with Gasteiger partial charge in [0.15, 0.2) is 11.5 Å². The van der Waals surface area contributed by atoms with Crippen LogP contribution in [-0.2, 0) is 20.5 Å². The van der Waals surface area contributed by atoms with Crippen LogP contribution in [0.5, 0.6) is 0 Å². The maximum Gasteiger partial charge on any atom is 0.217 e. The van der Waals surface area contributed by atoms with Crippen LogP contribution < -0.4 is 16.0 Å². The first-order chi connectivity index (χ1) is 18.6. The number of hydrogen-bond donors (Lipinski definition) is 2. The highest BCUT2D eigenvalue weighted by atomic mass is 16.5. The van der Waals surface area contributed by atoms with Crippen molar-refractivity contribution in [1.29, 1.82) is 0 Å². The molecule has 1 amide bonds. The van der Waals surface area contributed by atoms with Crippen LogP contribution in [0.1, 0.15) is 50.6 Å². The fraction of sp³-hybridized carbons (Fsp3) is 0.483. The number of amidine groups is 2. The van der Waals surface area contributed by atoms with Crippen LogP contribution >= 0.6 is 0 Å². The summed E-state index contributed by atoms with van der Waals surface area (Å²) in [5, 5.41) is 8.01. The quantitative estimate of drug-likeness (QED) is 0.388. The molecule has 3 N–H and O–H groups in total. The molecule has 1 aromatic carbocycles. The van der Waals surface area contributed by atoms with Gasteiger partial charge < -0.3 is 20.7 Å². The minimum atomic E-state index is -0.859. The second-order valence-corrected chi connectivity index (χ2v) is 11.6. The Morgan fingerprint density at radius 3 is 2.74 bits per heavy atom. The van der Waals surface area contributed by atoms with Crippen LogP contribution in [-0.4, -0.2) is 64.5 Å². The van der Waals surface area contributed by atoms with Gasteiger partial charge in [-0.25, -0.2) is 14.5 Å². The van der Waals surface area contributed by atoms with Crippen LogP contribution in [0.4, 0.5) is 5.69 Å². The highest BCUT2D eigenvalue weighted by molar-refractivity contribution is 5.98. The molecule has 2 aromatic heterocycles. The summed E-state index contributed by atoms with van der Waals surface area (Å²) in [5.41, 5.74) is 9.43. The highest BCUT2D eigenvalue weighted by Crippen LogP contribution is 2.61. The van der Waals surface area contributed by atoms with Crippen molar-refractivity contribution in [3.8, 4) is 0 Å². The predicted molar refractivity (Wildman–Crippen MR) is 151 cm³/mol. The second kappa shape index (κ2) is 8.87. The number of fused-ring (bicyclic) bond motifs is 2. The molecule has 204 valence electrons. The molecule has 1 aliphatic carbocycles. The lowest BCUT2D eigenvalue weighted by Gasteiger charge is -2.50. The van der Waals surface area contributed by atoms with Crippen molar-refractivity contribution >= 4 is 28.9 Å². The minimum Gasteiger partial charge on any atom is -0.387 e. The lowest BCUT2D eigenvalue weighted by molar-refractivity contribution is -0.123. The number of aliphatic imine (C=N–C) groups is 2. The number of anilines is 1. The van der Waals surface area contributed by atoms with Crippen LogP contribution in [0.2, 0.25) is 0 Å². The first kappa shape index (κ1) is 25.5. The van der Waals surface area contributed by atoms with Gasteiger partial charge in [0.1, 0.15) is 17.3 Å². The normalized spacial score (nSPS) is 30.6. The maximum absolute atomic E-state index is 12.1. The Balaban J connectivity index is 1.35. The third-order valence-corrected chi connectivity index (χ3v) is 8.81. The SMILES string of the molecule is CN=C(C)N=C(N)C1C2(NC(C)=O)COC1(c1nc3c(C)cc(N4CC[C@](C)(c5ccccc5)C4)cn3n1)C2. The second-order valence-electron chi connectivity index (χ2n) is 11.6. The van der Waals surface area contributed by atoms with Crippen LogP contribution in [0, 0.1) is 12.8 Å². The van der Waals surface area contributed by atoms with Gasteiger partial charge in [-0.2, -0.15) is 0 Å². The third kappa shape index (κ3) is 3.92. The summed E-state index contributed by atoms with van der Waals surface area (Å²) in [7, 11) is 1.67. The van der Waals surface area contributed by atoms with Crippen molar-refractivity contribution in [3.05, 3.63) is 59.5 Å². The van der Waals surface area contributed by atoms with E-state index in [1.807, 2.05) is 4.52 Å².